The summed E-state index contributed by atoms with van der Waals surface area (Å²) in [6, 6.07) is 3.94. The van der Waals surface area contributed by atoms with E-state index in [4.69, 9.17) is 16.3 Å². The number of hydrogen-bond acceptors (Lipinski definition) is 7. The minimum absolute atomic E-state index is 0.0336. The average molecular weight is 635 g/mol. The van der Waals surface area contributed by atoms with E-state index in [1.54, 1.807) is 0 Å². The first-order valence-corrected chi connectivity index (χ1v) is 12.8. The fourth-order valence-corrected chi connectivity index (χ4v) is 4.75. The molecule has 0 unspecified atom stereocenters. The number of carbonyl (C=O) groups excluding carboxylic acids is 3. The molecular weight excluding hydrogens is 613 g/mol. The van der Waals surface area contributed by atoms with Gasteiger partial charge in [-0.3, -0.25) is 19.3 Å². The smallest absolute Gasteiger partial charge is 0.401 e. The van der Waals surface area contributed by atoms with Gasteiger partial charge in [-0.1, -0.05) is 11.6 Å². The Morgan fingerprint density at radius 1 is 1.17 bits per heavy atom. The number of ether oxygens (including phenoxy) is 2. The standard InChI is InChI=1S/C23H22ClF7N4O5S/c24-17-4-3-16(41-17)21(38)32-8-14(34(9-18(25)26)11-23(29,30)31)20(37)33-13-2-1-12(7-15(13)40-22(27)28)35-5-6-39-10-19(35)36/h1-4,7,14,18,22H,5-6,8-11H2,(H,32,38)(H,33,37)/t14-/m0/s1. The minimum Gasteiger partial charge on any atom is -0.433 e. The van der Waals surface area contributed by atoms with Crippen LogP contribution in [-0.2, 0) is 14.3 Å². The van der Waals surface area contributed by atoms with Gasteiger partial charge in [-0.2, -0.15) is 22.0 Å². The fraction of sp³-hybridized carbons (Fsp3) is 0.435. The molecule has 1 fully saturated rings. The Kier molecular flexibility index (Phi) is 11.2. The largest absolute Gasteiger partial charge is 0.433 e. The normalized spacial score (nSPS) is 15.0. The number of benzene rings is 1. The van der Waals surface area contributed by atoms with Gasteiger partial charge in [-0.05, 0) is 24.3 Å². The number of nitrogens with zero attached hydrogens (tertiary/aromatic N) is 2. The second-order valence-corrected chi connectivity index (χ2v) is 10.1. The van der Waals surface area contributed by atoms with Crippen LogP contribution in [0.25, 0.3) is 0 Å². The van der Waals surface area contributed by atoms with Gasteiger partial charge >= 0.3 is 12.8 Å². The summed E-state index contributed by atoms with van der Waals surface area (Å²) in [5, 5.41) is 4.33. The number of nitrogens with one attached hydrogen (secondary N) is 2. The van der Waals surface area contributed by atoms with Crippen molar-refractivity contribution in [3.8, 4) is 5.75 Å². The molecule has 1 aliphatic heterocycles. The van der Waals surface area contributed by atoms with Gasteiger partial charge in [0.25, 0.3) is 18.2 Å². The maximum Gasteiger partial charge on any atom is 0.401 e. The van der Waals surface area contributed by atoms with Crippen molar-refractivity contribution in [3.05, 3.63) is 39.5 Å². The van der Waals surface area contributed by atoms with Gasteiger partial charge in [0.2, 0.25) is 5.91 Å². The maximum atomic E-state index is 13.3. The molecule has 1 aliphatic rings. The third-order valence-electron chi connectivity index (χ3n) is 5.49. The van der Waals surface area contributed by atoms with E-state index in [1.165, 1.54) is 23.1 Å². The molecule has 2 heterocycles. The molecule has 2 aromatic rings. The van der Waals surface area contributed by atoms with E-state index in [0.717, 1.165) is 23.5 Å². The highest BCUT2D eigenvalue weighted by molar-refractivity contribution is 7.18. The Balaban J connectivity index is 1.91. The first-order chi connectivity index (χ1) is 19.2. The van der Waals surface area contributed by atoms with Crippen molar-refractivity contribution >= 4 is 52.0 Å². The van der Waals surface area contributed by atoms with Crippen LogP contribution in [0.15, 0.2) is 30.3 Å². The molecule has 0 saturated carbocycles. The predicted molar refractivity (Wildman–Crippen MR) is 134 cm³/mol. The van der Waals surface area contributed by atoms with E-state index in [0.29, 0.717) is 0 Å². The topological polar surface area (TPSA) is 100 Å². The molecule has 18 heteroatoms. The van der Waals surface area contributed by atoms with Crippen molar-refractivity contribution in [2.45, 2.75) is 25.3 Å². The fourth-order valence-electron chi connectivity index (χ4n) is 3.79. The Hall–Kier alpha value is -3.15. The summed E-state index contributed by atoms with van der Waals surface area (Å²) in [4.78, 5) is 39.1. The molecule has 1 aromatic carbocycles. The number of rotatable bonds is 12. The molecule has 0 spiro atoms. The van der Waals surface area contributed by atoms with E-state index in [1.807, 2.05) is 0 Å². The SMILES string of the molecule is O=C(NC[C@@H](C(=O)Nc1ccc(N2CCOCC2=O)cc1OC(F)F)N(CC(F)F)CC(F)(F)F)c1ccc(Cl)s1. The van der Waals surface area contributed by atoms with Crippen molar-refractivity contribution in [1.29, 1.82) is 0 Å². The Labute approximate surface area is 237 Å². The molecule has 226 valence electrons. The Morgan fingerprint density at radius 2 is 1.90 bits per heavy atom. The Bertz CT molecular complexity index is 1230. The number of morpholine rings is 1. The van der Waals surface area contributed by atoms with Gasteiger partial charge in [0.15, 0.2) is 5.75 Å². The van der Waals surface area contributed by atoms with Crippen molar-refractivity contribution in [2.75, 3.05) is 49.6 Å². The molecule has 9 nitrogen and oxygen atoms in total. The summed E-state index contributed by atoms with van der Waals surface area (Å²) in [7, 11) is 0. The second kappa shape index (κ2) is 14.2. The zero-order valence-electron chi connectivity index (χ0n) is 20.7. The zero-order valence-corrected chi connectivity index (χ0v) is 22.3. The Morgan fingerprint density at radius 3 is 2.49 bits per heavy atom. The average Bonchev–Trinajstić information content (AvgIpc) is 3.30. The van der Waals surface area contributed by atoms with Crippen LogP contribution in [-0.4, -0.2) is 87.3 Å². The number of anilines is 2. The number of carbonyl (C=O) groups is 3. The quantitative estimate of drug-likeness (QED) is 0.339. The first-order valence-electron chi connectivity index (χ1n) is 11.6. The van der Waals surface area contributed by atoms with Crippen LogP contribution in [0, 0.1) is 0 Å². The van der Waals surface area contributed by atoms with Gasteiger partial charge in [-0.15, -0.1) is 11.3 Å². The van der Waals surface area contributed by atoms with Crippen molar-refractivity contribution in [1.82, 2.24) is 10.2 Å². The van der Waals surface area contributed by atoms with Crippen LogP contribution in [0.4, 0.5) is 42.1 Å². The molecule has 0 bridgehead atoms. The lowest BCUT2D eigenvalue weighted by molar-refractivity contribution is -0.157. The highest BCUT2D eigenvalue weighted by atomic mass is 35.5. The number of amides is 3. The van der Waals surface area contributed by atoms with Crippen molar-refractivity contribution in [3.63, 3.8) is 0 Å². The highest BCUT2D eigenvalue weighted by Gasteiger charge is 2.38. The summed E-state index contributed by atoms with van der Waals surface area (Å²) in [6.07, 6.45) is -8.32. The number of hydrogen-bond donors (Lipinski definition) is 2. The van der Waals surface area contributed by atoms with E-state index >= 15 is 0 Å². The summed E-state index contributed by atoms with van der Waals surface area (Å²) < 4.78 is 102. The van der Waals surface area contributed by atoms with Crippen LogP contribution < -0.4 is 20.3 Å². The van der Waals surface area contributed by atoms with E-state index in [9.17, 15) is 45.1 Å². The molecule has 2 N–H and O–H groups in total. The molecule has 3 amide bonds. The molecule has 1 aromatic heterocycles. The van der Waals surface area contributed by atoms with Crippen LogP contribution in [0.1, 0.15) is 9.67 Å². The zero-order chi connectivity index (χ0) is 30.3. The number of alkyl halides is 7. The van der Waals surface area contributed by atoms with Crippen LogP contribution in [0.5, 0.6) is 5.75 Å². The van der Waals surface area contributed by atoms with Gasteiger partial charge < -0.3 is 25.0 Å². The van der Waals surface area contributed by atoms with Crippen LogP contribution >= 0.6 is 22.9 Å². The van der Waals surface area contributed by atoms with E-state index in [2.05, 4.69) is 15.4 Å². The third-order valence-corrected chi connectivity index (χ3v) is 6.72. The lowest BCUT2D eigenvalue weighted by atomic mass is 10.1. The minimum atomic E-state index is -5.02. The molecular formula is C23H22ClF7N4O5S. The van der Waals surface area contributed by atoms with Crippen molar-refractivity contribution in [2.24, 2.45) is 0 Å². The molecule has 41 heavy (non-hydrogen) atoms. The predicted octanol–water partition coefficient (Wildman–Crippen LogP) is 4.23. The first kappa shape index (κ1) is 32.4. The van der Waals surface area contributed by atoms with E-state index in [-0.39, 0.29) is 39.6 Å². The maximum absolute atomic E-state index is 13.3. The molecule has 1 atom stereocenters. The summed E-state index contributed by atoms with van der Waals surface area (Å²) in [5.74, 6) is -3.33. The molecule has 3 rings (SSSR count). The second-order valence-electron chi connectivity index (χ2n) is 8.41. The van der Waals surface area contributed by atoms with E-state index < -0.39 is 74.0 Å². The highest BCUT2D eigenvalue weighted by Crippen LogP contribution is 2.32. The van der Waals surface area contributed by atoms with Crippen LogP contribution in [0.3, 0.4) is 0 Å². The third kappa shape index (κ3) is 9.72. The van der Waals surface area contributed by atoms with Gasteiger partial charge in [0, 0.05) is 24.8 Å². The molecule has 1 saturated heterocycles. The van der Waals surface area contributed by atoms with Crippen LogP contribution in [0.2, 0.25) is 4.34 Å². The summed E-state index contributed by atoms with van der Waals surface area (Å²) >= 11 is 6.60. The lowest BCUT2D eigenvalue weighted by Gasteiger charge is -2.31. The van der Waals surface area contributed by atoms with Gasteiger partial charge in [0.1, 0.15) is 12.6 Å². The van der Waals surface area contributed by atoms with Gasteiger partial charge in [-0.25, -0.2) is 8.78 Å². The lowest BCUT2D eigenvalue weighted by Crippen LogP contribution is -2.54. The number of thiophene rings is 1. The monoisotopic (exact) mass is 634 g/mol. The summed E-state index contributed by atoms with van der Waals surface area (Å²) in [5.41, 5.74) is -0.355. The van der Waals surface area contributed by atoms with Crippen molar-refractivity contribution < 1.29 is 54.6 Å². The molecule has 0 radical (unpaired) electrons. The summed E-state index contributed by atoms with van der Waals surface area (Å²) in [6.45, 7) is -7.77. The van der Waals surface area contributed by atoms with Gasteiger partial charge in [0.05, 0.1) is 34.6 Å². The number of halogens is 8. The molecule has 0 aliphatic carbocycles.